The smallest absolute Gasteiger partial charge is 0.406 e. The number of alkyl halides is 6. The Hall–Kier alpha value is -4.15. The summed E-state index contributed by atoms with van der Waals surface area (Å²) >= 11 is 0. The summed E-state index contributed by atoms with van der Waals surface area (Å²) < 4.78 is 80.6. The third-order valence-electron chi connectivity index (χ3n) is 4.49. The van der Waals surface area contributed by atoms with Crippen molar-refractivity contribution in [2.75, 3.05) is 5.32 Å². The molecule has 2 aromatic carbocycles. The maximum atomic E-state index is 13.2. The molecule has 34 heavy (non-hydrogen) atoms. The third kappa shape index (κ3) is 5.80. The van der Waals surface area contributed by atoms with Gasteiger partial charge in [-0.05, 0) is 48.5 Å². The fraction of sp³-hybridized carbons (Fsp3) is 0.0870. The van der Waals surface area contributed by atoms with Gasteiger partial charge in [0.2, 0.25) is 0 Å². The molecule has 0 radical (unpaired) electrons. The van der Waals surface area contributed by atoms with Crippen molar-refractivity contribution < 1.29 is 31.1 Å². The molecule has 4 aromatic rings. The lowest BCUT2D eigenvalue weighted by atomic mass is 10.1. The van der Waals surface area contributed by atoms with Gasteiger partial charge in [0.15, 0.2) is 5.82 Å². The van der Waals surface area contributed by atoms with Crippen LogP contribution in [0.25, 0.3) is 22.6 Å². The van der Waals surface area contributed by atoms with Crippen LogP contribution in [0, 0.1) is 0 Å². The number of hydrogen-bond acceptors (Lipinski definition) is 5. The quantitative estimate of drug-likeness (QED) is 0.319. The highest BCUT2D eigenvalue weighted by atomic mass is 19.4. The SMILES string of the molecule is FC(F)(F)Oc1ccc(Nc2cc(-c3cccc(C(F)(F)F)c3)nc(-c3cccnc3)n2)cc1. The molecular weight excluding hydrogens is 462 g/mol. The number of aromatic nitrogens is 3. The van der Waals surface area contributed by atoms with E-state index in [0.29, 0.717) is 11.3 Å². The Morgan fingerprint density at radius 2 is 1.50 bits per heavy atom. The van der Waals surface area contributed by atoms with Gasteiger partial charge in [0.1, 0.15) is 11.6 Å². The lowest BCUT2D eigenvalue weighted by molar-refractivity contribution is -0.274. The molecule has 0 fully saturated rings. The molecule has 0 unspecified atom stereocenters. The molecule has 0 spiro atoms. The molecule has 0 amide bonds. The summed E-state index contributed by atoms with van der Waals surface area (Å²) in [5.41, 5.74) is 0.480. The van der Waals surface area contributed by atoms with Crippen LogP contribution in [0.1, 0.15) is 5.56 Å². The van der Waals surface area contributed by atoms with Crippen molar-refractivity contribution >= 4 is 11.5 Å². The second-order valence-corrected chi connectivity index (χ2v) is 6.98. The molecule has 11 heteroatoms. The van der Waals surface area contributed by atoms with Gasteiger partial charge in [-0.2, -0.15) is 13.2 Å². The minimum atomic E-state index is -4.82. The Balaban J connectivity index is 1.72. The largest absolute Gasteiger partial charge is 0.573 e. The number of hydrogen-bond donors (Lipinski definition) is 1. The second-order valence-electron chi connectivity index (χ2n) is 6.98. The standard InChI is InChI=1S/C23H14F6N4O/c24-22(25,26)16-5-1-3-14(11-16)19-12-20(33-21(32-19)15-4-2-10-30-13-15)31-17-6-8-18(9-7-17)34-23(27,28)29/h1-13H,(H,31,32,33). The van der Waals surface area contributed by atoms with Crippen molar-refractivity contribution in [1.29, 1.82) is 0 Å². The Morgan fingerprint density at radius 3 is 2.15 bits per heavy atom. The first-order valence-corrected chi connectivity index (χ1v) is 9.67. The van der Waals surface area contributed by atoms with E-state index in [1.54, 1.807) is 18.3 Å². The van der Waals surface area contributed by atoms with E-state index in [-0.39, 0.29) is 22.9 Å². The molecule has 0 saturated heterocycles. The van der Waals surface area contributed by atoms with Crippen molar-refractivity contribution in [3.8, 4) is 28.4 Å². The molecule has 1 N–H and O–H groups in total. The first-order chi connectivity index (χ1) is 16.1. The van der Waals surface area contributed by atoms with Crippen LogP contribution < -0.4 is 10.1 Å². The van der Waals surface area contributed by atoms with Gasteiger partial charge in [-0.25, -0.2) is 9.97 Å². The molecule has 0 aliphatic heterocycles. The van der Waals surface area contributed by atoms with Crippen LogP contribution in [-0.4, -0.2) is 21.3 Å². The van der Waals surface area contributed by atoms with E-state index in [1.165, 1.54) is 36.5 Å². The lowest BCUT2D eigenvalue weighted by Crippen LogP contribution is -2.16. The Bertz CT molecular complexity index is 1280. The van der Waals surface area contributed by atoms with Crippen molar-refractivity contribution in [2.45, 2.75) is 12.5 Å². The van der Waals surface area contributed by atoms with E-state index >= 15 is 0 Å². The Morgan fingerprint density at radius 1 is 0.765 bits per heavy atom. The van der Waals surface area contributed by atoms with Crippen LogP contribution in [0.15, 0.2) is 79.1 Å². The average Bonchev–Trinajstić information content (AvgIpc) is 2.79. The highest BCUT2D eigenvalue weighted by Crippen LogP contribution is 2.33. The first-order valence-electron chi connectivity index (χ1n) is 9.67. The van der Waals surface area contributed by atoms with Gasteiger partial charge in [-0.15, -0.1) is 13.2 Å². The normalized spacial score (nSPS) is 11.8. The Kier molecular flexibility index (Phi) is 6.10. The molecule has 5 nitrogen and oxygen atoms in total. The molecule has 0 bridgehead atoms. The van der Waals surface area contributed by atoms with E-state index in [0.717, 1.165) is 24.3 Å². The molecule has 0 aliphatic carbocycles. The lowest BCUT2D eigenvalue weighted by Gasteiger charge is -2.13. The van der Waals surface area contributed by atoms with Gasteiger partial charge in [0.05, 0.1) is 11.3 Å². The third-order valence-corrected chi connectivity index (χ3v) is 4.49. The van der Waals surface area contributed by atoms with Gasteiger partial charge < -0.3 is 10.1 Å². The molecule has 0 atom stereocenters. The summed E-state index contributed by atoms with van der Waals surface area (Å²) in [6.07, 6.45) is -6.31. The highest BCUT2D eigenvalue weighted by molar-refractivity contribution is 5.70. The number of nitrogens with zero attached hydrogens (tertiary/aromatic N) is 3. The van der Waals surface area contributed by atoms with Crippen LogP contribution in [0.2, 0.25) is 0 Å². The van der Waals surface area contributed by atoms with Gasteiger partial charge in [0.25, 0.3) is 0 Å². The summed E-state index contributed by atoms with van der Waals surface area (Å²) in [5, 5.41) is 2.93. The van der Waals surface area contributed by atoms with Crippen LogP contribution in [0.5, 0.6) is 5.75 Å². The van der Waals surface area contributed by atoms with Crippen molar-refractivity contribution in [2.24, 2.45) is 0 Å². The first kappa shape index (κ1) is 23.0. The monoisotopic (exact) mass is 476 g/mol. The molecule has 174 valence electrons. The van der Waals surface area contributed by atoms with Crippen molar-refractivity contribution in [3.63, 3.8) is 0 Å². The summed E-state index contributed by atoms with van der Waals surface area (Å²) in [7, 11) is 0. The summed E-state index contributed by atoms with van der Waals surface area (Å²) in [6, 6.07) is 14.4. The number of nitrogens with one attached hydrogen (secondary N) is 1. The summed E-state index contributed by atoms with van der Waals surface area (Å²) in [6.45, 7) is 0. The zero-order valence-electron chi connectivity index (χ0n) is 17.0. The van der Waals surface area contributed by atoms with E-state index in [9.17, 15) is 26.3 Å². The minimum Gasteiger partial charge on any atom is -0.406 e. The van der Waals surface area contributed by atoms with Crippen LogP contribution in [0.3, 0.4) is 0 Å². The number of pyridine rings is 1. The Labute approximate surface area is 189 Å². The number of anilines is 2. The zero-order valence-corrected chi connectivity index (χ0v) is 17.0. The fourth-order valence-electron chi connectivity index (χ4n) is 3.03. The topological polar surface area (TPSA) is 59.9 Å². The number of rotatable bonds is 5. The predicted molar refractivity (Wildman–Crippen MR) is 112 cm³/mol. The van der Waals surface area contributed by atoms with Crippen LogP contribution >= 0.6 is 0 Å². The predicted octanol–water partition coefficient (Wildman–Crippen LogP) is 6.87. The van der Waals surface area contributed by atoms with Gasteiger partial charge in [-0.1, -0.05) is 12.1 Å². The molecular formula is C23H14F6N4O. The molecule has 0 aliphatic rings. The molecule has 0 saturated carbocycles. The van der Waals surface area contributed by atoms with E-state index in [4.69, 9.17) is 0 Å². The zero-order chi connectivity index (χ0) is 24.3. The fourth-order valence-corrected chi connectivity index (χ4v) is 3.03. The van der Waals surface area contributed by atoms with E-state index in [2.05, 4.69) is 25.0 Å². The molecule has 4 rings (SSSR count). The maximum absolute atomic E-state index is 13.2. The maximum Gasteiger partial charge on any atom is 0.573 e. The number of benzene rings is 2. The average molecular weight is 476 g/mol. The van der Waals surface area contributed by atoms with Gasteiger partial charge in [0, 0.05) is 35.3 Å². The van der Waals surface area contributed by atoms with Crippen LogP contribution in [0.4, 0.5) is 37.8 Å². The molecule has 2 heterocycles. The van der Waals surface area contributed by atoms with Crippen LogP contribution in [-0.2, 0) is 6.18 Å². The minimum absolute atomic E-state index is 0.197. The second kappa shape index (κ2) is 9.00. The van der Waals surface area contributed by atoms with Crippen molar-refractivity contribution in [3.05, 3.63) is 84.7 Å². The van der Waals surface area contributed by atoms with Gasteiger partial charge in [-0.3, -0.25) is 4.98 Å². The number of ether oxygens (including phenoxy) is 1. The highest BCUT2D eigenvalue weighted by Gasteiger charge is 2.31. The van der Waals surface area contributed by atoms with Crippen molar-refractivity contribution in [1.82, 2.24) is 15.0 Å². The number of halogens is 6. The van der Waals surface area contributed by atoms with E-state index in [1.807, 2.05) is 0 Å². The summed E-state index contributed by atoms with van der Waals surface area (Å²) in [4.78, 5) is 12.8. The molecule has 2 aromatic heterocycles. The van der Waals surface area contributed by atoms with Gasteiger partial charge >= 0.3 is 12.5 Å². The van der Waals surface area contributed by atoms with E-state index < -0.39 is 23.9 Å². The summed E-state index contributed by atoms with van der Waals surface area (Å²) in [5.74, 6) is 0.00901.